The normalized spacial score (nSPS) is 8.80. The van der Waals surface area contributed by atoms with Crippen LogP contribution in [-0.2, 0) is 29.1 Å². The van der Waals surface area contributed by atoms with E-state index in [2.05, 4.69) is 19.1 Å². The summed E-state index contributed by atoms with van der Waals surface area (Å²) in [5.41, 5.74) is 0.636. The quantitative estimate of drug-likeness (QED) is 0.483. The molecule has 2 rings (SSSR count). The van der Waals surface area contributed by atoms with Crippen LogP contribution in [0, 0.1) is 0 Å². The fourth-order valence-corrected chi connectivity index (χ4v) is 1.32. The summed E-state index contributed by atoms with van der Waals surface area (Å²) < 4.78 is 0. The molecule has 4 nitrogen and oxygen atoms in total. The van der Waals surface area contributed by atoms with Crippen molar-refractivity contribution in [2.24, 2.45) is 0 Å². The van der Waals surface area contributed by atoms with E-state index < -0.39 is 11.9 Å². The molecule has 2 aromatic rings. The van der Waals surface area contributed by atoms with Crippen LogP contribution in [0.3, 0.4) is 0 Å². The molecular formula is C14H10ClO4Ti. The molecule has 0 saturated heterocycles. The Hall–Kier alpha value is -1.62. The van der Waals surface area contributed by atoms with Gasteiger partial charge in [-0.15, -0.1) is 0 Å². The Bertz CT molecular complexity index is 494. The van der Waals surface area contributed by atoms with Crippen molar-refractivity contribution in [3.8, 4) is 0 Å². The molecule has 6 heteroatoms. The van der Waals surface area contributed by atoms with Crippen LogP contribution in [0.5, 0.6) is 0 Å². The van der Waals surface area contributed by atoms with E-state index in [0.717, 1.165) is 0 Å². The second kappa shape index (κ2) is 9.31. The van der Waals surface area contributed by atoms with Crippen LogP contribution >= 0.6 is 9.30 Å². The number of rotatable bonds is 2. The fourth-order valence-electron chi connectivity index (χ4n) is 1.32. The Morgan fingerprint density at radius 1 is 0.700 bits per heavy atom. The van der Waals surface area contributed by atoms with Crippen LogP contribution in [0.1, 0.15) is 20.7 Å². The van der Waals surface area contributed by atoms with Crippen molar-refractivity contribution < 1.29 is 38.7 Å². The van der Waals surface area contributed by atoms with Gasteiger partial charge >= 0.3 is 40.6 Å². The Morgan fingerprint density at radius 2 is 1.00 bits per heavy atom. The number of benzene rings is 2. The molecule has 0 fully saturated rings. The Morgan fingerprint density at radius 3 is 1.30 bits per heavy atom. The zero-order valence-electron chi connectivity index (χ0n) is 10.3. The van der Waals surface area contributed by atoms with Gasteiger partial charge in [0.2, 0.25) is 0 Å². The van der Waals surface area contributed by atoms with E-state index in [4.69, 9.17) is 0 Å². The predicted molar refractivity (Wildman–Crippen MR) is 69.6 cm³/mol. The average molecular weight is 326 g/mol. The maximum absolute atomic E-state index is 11.5. The first-order valence-electron chi connectivity index (χ1n) is 5.49. The molecule has 0 aromatic heterocycles. The number of halogens is 1. The summed E-state index contributed by atoms with van der Waals surface area (Å²) in [4.78, 5) is 31.9. The van der Waals surface area contributed by atoms with Crippen LogP contribution in [-0.4, -0.2) is 11.9 Å². The number of hydrogen-bond acceptors (Lipinski definition) is 4. The molecule has 0 N–H and O–H groups in total. The molecule has 101 valence electrons. The third-order valence-electron chi connectivity index (χ3n) is 2.21. The van der Waals surface area contributed by atoms with Crippen LogP contribution in [0.4, 0.5) is 0 Å². The van der Waals surface area contributed by atoms with E-state index in [-0.39, 0.29) is 0 Å². The molecule has 0 heterocycles. The average Bonchev–Trinajstić information content (AvgIpc) is 2.55. The Labute approximate surface area is 131 Å². The standard InChI is InChI=1S/C14H10O4.ClH.Ti/c15-13(11-7-3-1-4-8-11)17-18-14(16)12-9-5-2-6-10-12;;/h1-10H;1H;/q;;+1/p-1. The number of carbonyl (C=O) groups is 2. The zero-order chi connectivity index (χ0) is 14.8. The van der Waals surface area contributed by atoms with E-state index in [1.165, 1.54) is 19.4 Å². The summed E-state index contributed by atoms with van der Waals surface area (Å²) >= 11 is 1.47. The van der Waals surface area contributed by atoms with Crippen molar-refractivity contribution in [1.29, 1.82) is 0 Å². The van der Waals surface area contributed by atoms with Gasteiger partial charge in [0.05, 0.1) is 11.1 Å². The molecule has 0 aliphatic rings. The maximum atomic E-state index is 11.5. The van der Waals surface area contributed by atoms with Gasteiger partial charge in [-0.2, -0.15) is 0 Å². The van der Waals surface area contributed by atoms with Crippen molar-refractivity contribution in [2.45, 2.75) is 0 Å². The number of carbonyl (C=O) groups excluding carboxylic acids is 2. The van der Waals surface area contributed by atoms with Crippen LogP contribution in [0.2, 0.25) is 0 Å². The minimum atomic E-state index is -0.708. The van der Waals surface area contributed by atoms with E-state index in [0.29, 0.717) is 11.1 Å². The van der Waals surface area contributed by atoms with Crippen molar-refractivity contribution in [1.82, 2.24) is 0 Å². The van der Waals surface area contributed by atoms with Gasteiger partial charge in [-0.1, -0.05) is 36.4 Å². The van der Waals surface area contributed by atoms with E-state index >= 15 is 0 Å². The predicted octanol–water partition coefficient (Wildman–Crippen LogP) is 3.30. The molecule has 0 atom stereocenters. The molecule has 20 heavy (non-hydrogen) atoms. The van der Waals surface area contributed by atoms with Crippen molar-refractivity contribution in [3.05, 3.63) is 71.8 Å². The summed E-state index contributed by atoms with van der Waals surface area (Å²) in [6.07, 6.45) is 0. The van der Waals surface area contributed by atoms with E-state index in [1.54, 1.807) is 60.7 Å². The van der Waals surface area contributed by atoms with Gasteiger partial charge in [0, 0.05) is 0 Å². The SMILES string of the molecule is O=C(OOC(=O)c1ccccc1)c1ccccc1.[Cl][Ti]. The molecule has 0 unspecified atom stereocenters. The van der Waals surface area contributed by atoms with Gasteiger partial charge in [-0.25, -0.2) is 19.4 Å². The van der Waals surface area contributed by atoms with Gasteiger partial charge in [0.15, 0.2) is 0 Å². The van der Waals surface area contributed by atoms with Gasteiger partial charge < -0.3 is 0 Å². The zero-order valence-corrected chi connectivity index (χ0v) is 12.6. The van der Waals surface area contributed by atoms with Crippen molar-refractivity contribution in [2.75, 3.05) is 0 Å². The summed E-state index contributed by atoms with van der Waals surface area (Å²) in [7, 11) is 4.64. The second-order valence-corrected chi connectivity index (χ2v) is 3.47. The third-order valence-corrected chi connectivity index (χ3v) is 2.21. The monoisotopic (exact) mass is 325 g/mol. The van der Waals surface area contributed by atoms with Gasteiger partial charge in [0.25, 0.3) is 0 Å². The van der Waals surface area contributed by atoms with Crippen LogP contribution < -0.4 is 0 Å². The first-order chi connectivity index (χ1) is 9.77. The Kier molecular flexibility index (Phi) is 7.66. The van der Waals surface area contributed by atoms with Gasteiger partial charge in [-0.05, 0) is 24.3 Å². The van der Waals surface area contributed by atoms with Crippen LogP contribution in [0.25, 0.3) is 0 Å². The molecule has 0 saturated carbocycles. The number of hydrogen-bond donors (Lipinski definition) is 0. The van der Waals surface area contributed by atoms with Crippen molar-refractivity contribution >= 4 is 21.2 Å². The second-order valence-electron chi connectivity index (χ2n) is 3.47. The summed E-state index contributed by atoms with van der Waals surface area (Å²) in [5.74, 6) is -1.42. The molecule has 0 aliphatic heterocycles. The van der Waals surface area contributed by atoms with Crippen molar-refractivity contribution in [3.63, 3.8) is 0 Å². The summed E-state index contributed by atoms with van der Waals surface area (Å²) in [5, 5.41) is 0. The minimum absolute atomic E-state index is 0.318. The molecule has 0 bridgehead atoms. The van der Waals surface area contributed by atoms with Gasteiger partial charge in [-0.3, -0.25) is 0 Å². The molecule has 0 amide bonds. The van der Waals surface area contributed by atoms with E-state index in [9.17, 15) is 9.59 Å². The first kappa shape index (κ1) is 16.4. The molecule has 0 radical (unpaired) electrons. The molecular weight excluding hydrogens is 315 g/mol. The topological polar surface area (TPSA) is 52.6 Å². The summed E-state index contributed by atoms with van der Waals surface area (Å²) in [6.45, 7) is 0. The third kappa shape index (κ3) is 5.17. The molecule has 2 aromatic carbocycles. The molecule has 0 spiro atoms. The van der Waals surface area contributed by atoms with Crippen LogP contribution in [0.15, 0.2) is 60.7 Å². The van der Waals surface area contributed by atoms with E-state index in [1.807, 2.05) is 0 Å². The first-order valence-corrected chi connectivity index (χ1v) is 7.64. The Balaban J connectivity index is 0.000000956. The fraction of sp³-hybridized carbons (Fsp3) is 0. The molecule has 0 aliphatic carbocycles. The summed E-state index contributed by atoms with van der Waals surface area (Å²) in [6, 6.07) is 16.6. The van der Waals surface area contributed by atoms with Gasteiger partial charge in [0.1, 0.15) is 0 Å².